The van der Waals surface area contributed by atoms with Gasteiger partial charge in [-0.25, -0.2) is 4.52 Å². The normalized spacial score (nSPS) is 12.0. The fourth-order valence-corrected chi connectivity index (χ4v) is 5.76. The first kappa shape index (κ1) is 19.4. The minimum Gasteiger partial charge on any atom is -0.309 e. The summed E-state index contributed by atoms with van der Waals surface area (Å²) in [4.78, 5) is 0. The molecule has 8 aromatic rings. The van der Waals surface area contributed by atoms with Crippen LogP contribution in [-0.2, 0) is 7.05 Å². The van der Waals surface area contributed by atoms with Crippen molar-refractivity contribution in [3.05, 3.63) is 109 Å². The van der Waals surface area contributed by atoms with Crippen LogP contribution in [0, 0.1) is 0 Å². The van der Waals surface area contributed by atoms with Gasteiger partial charge in [-0.3, -0.25) is 4.68 Å². The van der Waals surface area contributed by atoms with Crippen LogP contribution in [0.15, 0.2) is 109 Å². The molecule has 170 valence electrons. The smallest absolute Gasteiger partial charge is 0.111 e. The standard InChI is InChI=1S/C31H21N5/c1-34-31-25-14-13-21(18-26(25)29-15-16-32-36(29)30(31)19-33-34)20-7-6-8-22(17-20)35-27-11-4-2-9-23(27)24-10-3-5-12-28(24)35/h2-19H,1H3. The van der Waals surface area contributed by atoms with Crippen LogP contribution >= 0.6 is 0 Å². The molecular weight excluding hydrogens is 442 g/mol. The van der Waals surface area contributed by atoms with E-state index in [0.29, 0.717) is 0 Å². The Hall–Kier alpha value is -4.90. The minimum atomic E-state index is 1.02. The Morgan fingerprint density at radius 1 is 0.556 bits per heavy atom. The molecule has 8 rings (SSSR count). The van der Waals surface area contributed by atoms with Crippen LogP contribution in [0.25, 0.3) is 65.9 Å². The summed E-state index contributed by atoms with van der Waals surface area (Å²) >= 11 is 0. The van der Waals surface area contributed by atoms with Crippen LogP contribution in [0.1, 0.15) is 0 Å². The van der Waals surface area contributed by atoms with E-state index in [1.165, 1.54) is 43.7 Å². The molecule has 0 aliphatic heterocycles. The van der Waals surface area contributed by atoms with Crippen molar-refractivity contribution in [2.75, 3.05) is 0 Å². The molecule has 4 aromatic heterocycles. The summed E-state index contributed by atoms with van der Waals surface area (Å²) in [5, 5.41) is 14.0. The number of benzene rings is 4. The average molecular weight is 464 g/mol. The third-order valence-corrected chi connectivity index (χ3v) is 7.36. The van der Waals surface area contributed by atoms with Crippen LogP contribution in [0.3, 0.4) is 0 Å². The molecule has 0 radical (unpaired) electrons. The zero-order valence-electron chi connectivity index (χ0n) is 19.6. The van der Waals surface area contributed by atoms with Crippen molar-refractivity contribution in [2.45, 2.75) is 0 Å². The van der Waals surface area contributed by atoms with E-state index in [2.05, 4.69) is 112 Å². The highest BCUT2D eigenvalue weighted by molar-refractivity contribution is 6.12. The number of hydrogen-bond acceptors (Lipinski definition) is 2. The lowest BCUT2D eigenvalue weighted by Crippen LogP contribution is -1.96. The lowest BCUT2D eigenvalue weighted by Gasteiger charge is -2.12. The van der Waals surface area contributed by atoms with Gasteiger partial charge in [-0.1, -0.05) is 60.7 Å². The molecule has 0 saturated carbocycles. The number of pyridine rings is 1. The highest BCUT2D eigenvalue weighted by Gasteiger charge is 2.15. The lowest BCUT2D eigenvalue weighted by atomic mass is 10.00. The first-order valence-corrected chi connectivity index (χ1v) is 12.1. The molecular formula is C31H21N5. The Labute approximate surface area is 206 Å². The predicted octanol–water partition coefficient (Wildman–Crippen LogP) is 7.14. The van der Waals surface area contributed by atoms with Crippen molar-refractivity contribution in [1.29, 1.82) is 0 Å². The maximum Gasteiger partial charge on any atom is 0.111 e. The summed E-state index contributed by atoms with van der Waals surface area (Å²) in [5.74, 6) is 0. The topological polar surface area (TPSA) is 40.0 Å². The molecule has 0 spiro atoms. The van der Waals surface area contributed by atoms with Crippen LogP contribution in [-0.4, -0.2) is 24.0 Å². The Balaban J connectivity index is 1.38. The minimum absolute atomic E-state index is 1.02. The largest absolute Gasteiger partial charge is 0.309 e. The fourth-order valence-electron chi connectivity index (χ4n) is 5.76. The van der Waals surface area contributed by atoms with Crippen molar-refractivity contribution in [1.82, 2.24) is 24.0 Å². The second-order valence-corrected chi connectivity index (χ2v) is 9.31. The molecule has 0 saturated heterocycles. The highest BCUT2D eigenvalue weighted by atomic mass is 15.3. The van der Waals surface area contributed by atoms with Gasteiger partial charge in [0, 0.05) is 34.3 Å². The molecule has 0 atom stereocenters. The number of para-hydroxylation sites is 2. The van der Waals surface area contributed by atoms with Gasteiger partial charge in [0.2, 0.25) is 0 Å². The van der Waals surface area contributed by atoms with Crippen molar-refractivity contribution < 1.29 is 0 Å². The van der Waals surface area contributed by atoms with Crippen molar-refractivity contribution in [3.63, 3.8) is 0 Å². The third kappa shape index (κ3) is 2.54. The molecule has 0 N–H and O–H groups in total. The first-order chi connectivity index (χ1) is 17.8. The molecule has 4 aromatic carbocycles. The van der Waals surface area contributed by atoms with Crippen molar-refractivity contribution >= 4 is 49.1 Å². The predicted molar refractivity (Wildman–Crippen MR) is 147 cm³/mol. The molecule has 4 heterocycles. The van der Waals surface area contributed by atoms with Gasteiger partial charge < -0.3 is 4.57 Å². The second-order valence-electron chi connectivity index (χ2n) is 9.31. The summed E-state index contributed by atoms with van der Waals surface area (Å²) in [7, 11) is 1.99. The van der Waals surface area contributed by atoms with Gasteiger partial charge in [0.15, 0.2) is 0 Å². The molecule has 36 heavy (non-hydrogen) atoms. The number of nitrogens with zero attached hydrogens (tertiary/aromatic N) is 5. The monoisotopic (exact) mass is 463 g/mol. The van der Waals surface area contributed by atoms with Gasteiger partial charge in [0.25, 0.3) is 0 Å². The van der Waals surface area contributed by atoms with Crippen LogP contribution in [0.2, 0.25) is 0 Å². The SMILES string of the molecule is Cn1ncc2c1c1ccc(-c3cccc(-n4c5ccccc5c5ccccc54)c3)cc1c1ccnn12. The number of aromatic nitrogens is 5. The molecule has 0 aliphatic rings. The number of rotatable bonds is 2. The summed E-state index contributed by atoms with van der Waals surface area (Å²) in [6.45, 7) is 0. The van der Waals surface area contributed by atoms with E-state index in [1.54, 1.807) is 0 Å². The van der Waals surface area contributed by atoms with E-state index in [1.807, 2.05) is 28.6 Å². The Morgan fingerprint density at radius 2 is 1.31 bits per heavy atom. The van der Waals surface area contributed by atoms with Gasteiger partial charge in [-0.15, -0.1) is 0 Å². The van der Waals surface area contributed by atoms with Crippen molar-refractivity contribution in [2.24, 2.45) is 7.05 Å². The number of fused-ring (bicyclic) bond motifs is 9. The Kier molecular flexibility index (Phi) is 3.80. The van der Waals surface area contributed by atoms with E-state index < -0.39 is 0 Å². The fraction of sp³-hybridized carbons (Fsp3) is 0.0323. The van der Waals surface area contributed by atoms with Crippen LogP contribution < -0.4 is 0 Å². The van der Waals surface area contributed by atoms with Gasteiger partial charge in [0.05, 0.1) is 34.5 Å². The maximum absolute atomic E-state index is 4.58. The summed E-state index contributed by atoms with van der Waals surface area (Å²) in [6, 6.07) is 34.9. The Bertz CT molecular complexity index is 2070. The number of aryl methyl sites for hydroxylation is 1. The molecule has 0 unspecified atom stereocenters. The van der Waals surface area contributed by atoms with E-state index in [9.17, 15) is 0 Å². The summed E-state index contributed by atoms with van der Waals surface area (Å²) < 4.78 is 6.29. The van der Waals surface area contributed by atoms with Gasteiger partial charge in [-0.05, 0) is 47.5 Å². The molecule has 0 aliphatic carbocycles. The van der Waals surface area contributed by atoms with E-state index in [0.717, 1.165) is 22.2 Å². The average Bonchev–Trinajstić information content (AvgIpc) is 3.64. The first-order valence-electron chi connectivity index (χ1n) is 12.1. The van der Waals surface area contributed by atoms with E-state index in [-0.39, 0.29) is 0 Å². The summed E-state index contributed by atoms with van der Waals surface area (Å²) in [5.41, 5.74) is 9.14. The quantitative estimate of drug-likeness (QED) is 0.273. The van der Waals surface area contributed by atoms with E-state index >= 15 is 0 Å². The van der Waals surface area contributed by atoms with Crippen molar-refractivity contribution in [3.8, 4) is 16.8 Å². The molecule has 5 nitrogen and oxygen atoms in total. The zero-order chi connectivity index (χ0) is 23.8. The van der Waals surface area contributed by atoms with Crippen LogP contribution in [0.4, 0.5) is 0 Å². The van der Waals surface area contributed by atoms with Crippen LogP contribution in [0.5, 0.6) is 0 Å². The van der Waals surface area contributed by atoms with E-state index in [4.69, 9.17) is 0 Å². The zero-order valence-corrected chi connectivity index (χ0v) is 19.6. The molecule has 0 bridgehead atoms. The molecule has 0 fully saturated rings. The lowest BCUT2D eigenvalue weighted by molar-refractivity contribution is 0.799. The van der Waals surface area contributed by atoms with Gasteiger partial charge in [-0.2, -0.15) is 10.2 Å². The summed E-state index contributed by atoms with van der Waals surface area (Å²) in [6.07, 6.45) is 3.74. The third-order valence-electron chi connectivity index (χ3n) is 7.36. The van der Waals surface area contributed by atoms with Gasteiger partial charge >= 0.3 is 0 Å². The second kappa shape index (κ2) is 7.06. The van der Waals surface area contributed by atoms with Gasteiger partial charge in [0.1, 0.15) is 5.52 Å². The number of hydrogen-bond donors (Lipinski definition) is 0. The Morgan fingerprint density at radius 3 is 2.11 bits per heavy atom. The molecule has 5 heteroatoms. The maximum atomic E-state index is 4.58. The highest BCUT2D eigenvalue weighted by Crippen LogP contribution is 2.35. The molecule has 0 amide bonds.